The number of aromatic nitrogens is 1. The van der Waals surface area contributed by atoms with Crippen molar-refractivity contribution in [1.82, 2.24) is 4.98 Å². The van der Waals surface area contributed by atoms with Gasteiger partial charge in [0.05, 0.1) is 6.61 Å². The molecule has 3 nitrogen and oxygen atoms in total. The van der Waals surface area contributed by atoms with Gasteiger partial charge < -0.3 is 9.64 Å². The van der Waals surface area contributed by atoms with Crippen molar-refractivity contribution in [3.05, 3.63) is 53.9 Å². The number of hydrogen-bond acceptors (Lipinski definition) is 3. The third-order valence-electron chi connectivity index (χ3n) is 4.13. The lowest BCUT2D eigenvalue weighted by Crippen LogP contribution is -2.37. The smallest absolute Gasteiger partial charge is 0.253 e. The summed E-state index contributed by atoms with van der Waals surface area (Å²) in [6, 6.07) is 9.33. The van der Waals surface area contributed by atoms with Gasteiger partial charge in [-0.1, -0.05) is 18.2 Å². The number of benzene rings is 1. The average molecular weight is 340 g/mol. The van der Waals surface area contributed by atoms with Gasteiger partial charge in [-0.05, 0) is 30.9 Å². The van der Waals surface area contributed by atoms with E-state index in [1.54, 1.807) is 0 Å². The first-order valence-corrected chi connectivity index (χ1v) is 7.69. The fourth-order valence-corrected chi connectivity index (χ4v) is 2.81. The third kappa shape index (κ3) is 3.44. The van der Waals surface area contributed by atoms with E-state index >= 15 is 0 Å². The number of rotatable bonds is 4. The molecule has 1 fully saturated rings. The number of para-hydroxylation sites is 1. The van der Waals surface area contributed by atoms with Gasteiger partial charge in [-0.15, -0.1) is 0 Å². The van der Waals surface area contributed by atoms with Crippen LogP contribution in [0.5, 0.6) is 5.75 Å². The lowest BCUT2D eigenvalue weighted by molar-refractivity contribution is 0.222. The summed E-state index contributed by atoms with van der Waals surface area (Å²) < 4.78 is 59.7. The lowest BCUT2D eigenvalue weighted by atomic mass is 9.97. The Hall–Kier alpha value is -2.31. The Labute approximate surface area is 136 Å². The first-order chi connectivity index (χ1) is 11.6. The van der Waals surface area contributed by atoms with Crippen LogP contribution >= 0.6 is 0 Å². The van der Waals surface area contributed by atoms with E-state index in [1.807, 2.05) is 30.3 Å². The van der Waals surface area contributed by atoms with Crippen LogP contribution in [0.25, 0.3) is 0 Å². The molecule has 1 aliphatic rings. The summed E-state index contributed by atoms with van der Waals surface area (Å²) in [5.41, 5.74) is -0.678. The second-order valence-electron chi connectivity index (χ2n) is 5.72. The largest absolute Gasteiger partial charge is 0.493 e. The molecule has 1 aromatic heterocycles. The molecule has 2 heterocycles. The number of ether oxygens (including phenoxy) is 1. The molecule has 0 amide bonds. The van der Waals surface area contributed by atoms with Crippen molar-refractivity contribution in [2.24, 2.45) is 5.92 Å². The minimum atomic E-state index is -1.63. The Morgan fingerprint density at radius 1 is 0.958 bits per heavy atom. The highest BCUT2D eigenvalue weighted by atomic mass is 19.2. The Morgan fingerprint density at radius 3 is 2.12 bits per heavy atom. The number of piperidine rings is 1. The summed E-state index contributed by atoms with van der Waals surface area (Å²) >= 11 is 0. The fourth-order valence-electron chi connectivity index (χ4n) is 2.81. The van der Waals surface area contributed by atoms with Gasteiger partial charge in [0.25, 0.3) is 11.9 Å². The molecule has 3 rings (SSSR count). The molecule has 0 N–H and O–H groups in total. The van der Waals surface area contributed by atoms with E-state index in [2.05, 4.69) is 4.98 Å². The molecule has 0 bridgehead atoms. The summed E-state index contributed by atoms with van der Waals surface area (Å²) in [6.07, 6.45) is 1.22. The molecule has 0 radical (unpaired) electrons. The van der Waals surface area contributed by atoms with Crippen LogP contribution in [0.1, 0.15) is 12.8 Å². The molecule has 7 heteroatoms. The van der Waals surface area contributed by atoms with Gasteiger partial charge in [-0.2, -0.15) is 22.5 Å². The lowest BCUT2D eigenvalue weighted by Gasteiger charge is -2.33. The van der Waals surface area contributed by atoms with Gasteiger partial charge in [0, 0.05) is 13.1 Å². The molecule has 0 aliphatic carbocycles. The van der Waals surface area contributed by atoms with E-state index in [4.69, 9.17) is 4.74 Å². The minimum absolute atomic E-state index is 0.212. The predicted octanol–water partition coefficient (Wildman–Crippen LogP) is 3.93. The van der Waals surface area contributed by atoms with Gasteiger partial charge in [0.2, 0.25) is 11.6 Å². The van der Waals surface area contributed by atoms with E-state index in [0.29, 0.717) is 32.5 Å². The van der Waals surface area contributed by atoms with Crippen molar-refractivity contribution in [1.29, 1.82) is 0 Å². The van der Waals surface area contributed by atoms with E-state index in [0.717, 1.165) is 5.75 Å². The Kier molecular flexibility index (Phi) is 4.87. The van der Waals surface area contributed by atoms with Crippen molar-refractivity contribution < 1.29 is 22.3 Å². The molecule has 0 unspecified atom stereocenters. The van der Waals surface area contributed by atoms with Crippen LogP contribution in [0.2, 0.25) is 0 Å². The van der Waals surface area contributed by atoms with Crippen LogP contribution in [-0.2, 0) is 0 Å². The molecule has 0 atom stereocenters. The van der Waals surface area contributed by atoms with Gasteiger partial charge in [0.1, 0.15) is 11.4 Å². The van der Waals surface area contributed by atoms with Crippen LogP contribution in [-0.4, -0.2) is 24.7 Å². The van der Waals surface area contributed by atoms with Crippen molar-refractivity contribution in [2.75, 3.05) is 24.6 Å². The zero-order valence-corrected chi connectivity index (χ0v) is 12.8. The fraction of sp³-hybridized carbons (Fsp3) is 0.353. The molecule has 24 heavy (non-hydrogen) atoms. The Morgan fingerprint density at radius 2 is 1.54 bits per heavy atom. The monoisotopic (exact) mass is 340 g/mol. The molecule has 1 aliphatic heterocycles. The topological polar surface area (TPSA) is 25.4 Å². The number of anilines is 1. The highest BCUT2D eigenvalue weighted by molar-refractivity contribution is 5.48. The van der Waals surface area contributed by atoms with E-state index < -0.39 is 29.2 Å². The van der Waals surface area contributed by atoms with Crippen LogP contribution < -0.4 is 9.64 Å². The van der Waals surface area contributed by atoms with Crippen LogP contribution in [0.15, 0.2) is 30.3 Å². The Balaban J connectivity index is 1.61. The maximum atomic E-state index is 13.8. The summed E-state index contributed by atoms with van der Waals surface area (Å²) in [6.45, 7) is 1.07. The second-order valence-corrected chi connectivity index (χ2v) is 5.72. The van der Waals surface area contributed by atoms with E-state index in [9.17, 15) is 17.6 Å². The maximum Gasteiger partial charge on any atom is 0.253 e. The van der Waals surface area contributed by atoms with Gasteiger partial charge in [-0.3, -0.25) is 0 Å². The summed E-state index contributed by atoms with van der Waals surface area (Å²) in [7, 11) is 0. The zero-order chi connectivity index (χ0) is 17.1. The van der Waals surface area contributed by atoms with Gasteiger partial charge >= 0.3 is 0 Å². The third-order valence-corrected chi connectivity index (χ3v) is 4.13. The SMILES string of the molecule is Fc1nc(F)c(F)c(N2CCC(COc3ccccc3)CC2)c1F. The number of nitrogens with zero attached hydrogens (tertiary/aromatic N) is 2. The first-order valence-electron chi connectivity index (χ1n) is 7.69. The molecule has 2 aromatic rings. The predicted molar refractivity (Wildman–Crippen MR) is 80.9 cm³/mol. The maximum absolute atomic E-state index is 13.8. The van der Waals surface area contributed by atoms with Gasteiger partial charge in [0.15, 0.2) is 0 Å². The van der Waals surface area contributed by atoms with Crippen LogP contribution in [0.4, 0.5) is 23.2 Å². The quantitative estimate of drug-likeness (QED) is 0.623. The Bertz CT molecular complexity index is 677. The highest BCUT2D eigenvalue weighted by Crippen LogP contribution is 2.30. The van der Waals surface area contributed by atoms with E-state index in [1.165, 1.54) is 4.90 Å². The minimum Gasteiger partial charge on any atom is -0.493 e. The molecule has 128 valence electrons. The van der Waals surface area contributed by atoms with Crippen LogP contribution in [0, 0.1) is 29.4 Å². The molecular formula is C17H16F4N2O. The summed E-state index contributed by atoms with van der Waals surface area (Å²) in [4.78, 5) is 3.89. The van der Waals surface area contributed by atoms with Crippen molar-refractivity contribution in [3.63, 3.8) is 0 Å². The van der Waals surface area contributed by atoms with E-state index in [-0.39, 0.29) is 5.92 Å². The molecule has 0 spiro atoms. The standard InChI is InChI=1S/C17H16F4N2O/c18-13-15(14(19)17(21)22-16(13)20)23-8-6-11(7-9-23)10-24-12-4-2-1-3-5-12/h1-5,11H,6-10H2. The molecule has 0 saturated carbocycles. The second kappa shape index (κ2) is 7.07. The molecular weight excluding hydrogens is 324 g/mol. The first kappa shape index (κ1) is 16.5. The van der Waals surface area contributed by atoms with Crippen molar-refractivity contribution in [2.45, 2.75) is 12.8 Å². The highest BCUT2D eigenvalue weighted by Gasteiger charge is 2.28. The number of hydrogen-bond donors (Lipinski definition) is 0. The molecule has 1 aromatic carbocycles. The van der Waals surface area contributed by atoms with Crippen molar-refractivity contribution in [3.8, 4) is 5.75 Å². The van der Waals surface area contributed by atoms with Crippen LogP contribution in [0.3, 0.4) is 0 Å². The molecule has 1 saturated heterocycles. The number of halogens is 4. The van der Waals surface area contributed by atoms with Crippen molar-refractivity contribution >= 4 is 5.69 Å². The zero-order valence-electron chi connectivity index (χ0n) is 12.8. The number of pyridine rings is 1. The average Bonchev–Trinajstić information content (AvgIpc) is 2.60. The summed E-state index contributed by atoms with van der Waals surface area (Å²) in [5, 5.41) is 0. The van der Waals surface area contributed by atoms with Gasteiger partial charge in [-0.25, -0.2) is 0 Å². The normalized spacial score (nSPS) is 15.6. The summed E-state index contributed by atoms with van der Waals surface area (Å²) in [5.74, 6) is -5.18.